The van der Waals surface area contributed by atoms with Crippen molar-refractivity contribution in [3.8, 4) is 5.75 Å². The van der Waals surface area contributed by atoms with Gasteiger partial charge in [-0.2, -0.15) is 0 Å². The van der Waals surface area contributed by atoms with Crippen LogP contribution >= 0.6 is 0 Å². The van der Waals surface area contributed by atoms with Crippen molar-refractivity contribution in [3.63, 3.8) is 0 Å². The molecule has 0 amide bonds. The molecule has 2 nitrogen and oxygen atoms in total. The second kappa shape index (κ2) is 2.70. The molecular weight excluding hydrogens is 150 g/mol. The fraction of sp³-hybridized carbons (Fsp3) is 0.400. The average molecular weight is 163 g/mol. The topological polar surface area (TPSA) is 12.5 Å². The van der Waals surface area contributed by atoms with E-state index in [0.717, 1.165) is 18.8 Å². The van der Waals surface area contributed by atoms with Crippen LogP contribution in [0.1, 0.15) is 5.56 Å². The monoisotopic (exact) mass is 163 g/mol. The van der Waals surface area contributed by atoms with Crippen molar-refractivity contribution in [3.05, 3.63) is 23.8 Å². The van der Waals surface area contributed by atoms with Crippen LogP contribution in [0, 0.1) is 0 Å². The lowest BCUT2D eigenvalue weighted by Gasteiger charge is -2.15. The highest BCUT2D eigenvalue weighted by Crippen LogP contribution is 2.32. The van der Waals surface area contributed by atoms with Crippen molar-refractivity contribution in [2.24, 2.45) is 0 Å². The first kappa shape index (κ1) is 7.47. The number of fused-ring (bicyclic) bond motifs is 1. The molecule has 0 aliphatic carbocycles. The van der Waals surface area contributed by atoms with Gasteiger partial charge in [0.05, 0.1) is 6.61 Å². The van der Waals surface area contributed by atoms with Crippen molar-refractivity contribution in [2.45, 2.75) is 6.42 Å². The summed E-state index contributed by atoms with van der Waals surface area (Å²) in [6, 6.07) is 6.21. The van der Waals surface area contributed by atoms with Crippen LogP contribution in [0.5, 0.6) is 5.75 Å². The number of anilines is 1. The Morgan fingerprint density at radius 1 is 1.33 bits per heavy atom. The first-order valence-electron chi connectivity index (χ1n) is 4.21. The zero-order chi connectivity index (χ0) is 8.55. The summed E-state index contributed by atoms with van der Waals surface area (Å²) in [4.78, 5) is 2.13. The maximum atomic E-state index is 5.46. The summed E-state index contributed by atoms with van der Waals surface area (Å²) in [5.41, 5.74) is 2.63. The van der Waals surface area contributed by atoms with Gasteiger partial charge in [0.1, 0.15) is 5.75 Å². The van der Waals surface area contributed by atoms with Crippen LogP contribution < -0.4 is 9.64 Å². The van der Waals surface area contributed by atoms with Crippen LogP contribution in [0.2, 0.25) is 0 Å². The third-order valence-corrected chi connectivity index (χ3v) is 2.20. The van der Waals surface area contributed by atoms with Gasteiger partial charge >= 0.3 is 0 Å². The Bertz CT molecular complexity index is 294. The number of hydrogen-bond acceptors (Lipinski definition) is 2. The molecule has 0 radical (unpaired) electrons. The number of hydrogen-bond donors (Lipinski definition) is 0. The first-order chi connectivity index (χ1) is 5.79. The predicted molar refractivity (Wildman–Crippen MR) is 50.0 cm³/mol. The molecule has 0 saturated heterocycles. The number of benzene rings is 1. The smallest absolute Gasteiger partial charge is 0.124 e. The molecule has 64 valence electrons. The molecular formula is C10H13NO. The Hall–Kier alpha value is -1.18. The van der Waals surface area contributed by atoms with E-state index in [2.05, 4.69) is 25.1 Å². The van der Waals surface area contributed by atoms with E-state index in [4.69, 9.17) is 4.74 Å². The number of ether oxygens (including phenoxy) is 1. The Balaban J connectivity index is 2.49. The summed E-state index contributed by atoms with van der Waals surface area (Å²) >= 11 is 0. The fourth-order valence-corrected chi connectivity index (χ4v) is 1.62. The minimum absolute atomic E-state index is 0.834. The van der Waals surface area contributed by atoms with Crippen molar-refractivity contribution in [2.75, 3.05) is 25.6 Å². The highest BCUT2D eigenvalue weighted by atomic mass is 16.5. The number of nitrogens with zero attached hydrogens (tertiary/aromatic N) is 1. The molecule has 0 aromatic heterocycles. The zero-order valence-corrected chi connectivity index (χ0v) is 7.50. The molecule has 0 unspecified atom stereocenters. The van der Waals surface area contributed by atoms with Crippen LogP contribution in [0.15, 0.2) is 18.2 Å². The Morgan fingerprint density at radius 3 is 2.92 bits per heavy atom. The third-order valence-electron chi connectivity index (χ3n) is 2.20. The quantitative estimate of drug-likeness (QED) is 0.624. The molecule has 12 heavy (non-hydrogen) atoms. The summed E-state index contributed by atoms with van der Waals surface area (Å²) in [7, 11) is 4.13. The van der Waals surface area contributed by atoms with Gasteiger partial charge in [0.25, 0.3) is 0 Å². The third kappa shape index (κ3) is 1.04. The average Bonchev–Trinajstić information content (AvgIpc) is 2.49. The standard InChI is InChI=1S/C10H13NO/c1-11(2)9-4-3-5-10-8(9)6-7-12-10/h3-5H,6-7H2,1-2H3. The van der Waals surface area contributed by atoms with Crippen LogP contribution in [0.3, 0.4) is 0 Å². The Kier molecular flexibility index (Phi) is 1.68. The van der Waals surface area contributed by atoms with E-state index in [1.165, 1.54) is 11.3 Å². The highest BCUT2D eigenvalue weighted by Gasteiger charge is 2.15. The van der Waals surface area contributed by atoms with Gasteiger partial charge in [0.2, 0.25) is 0 Å². The molecule has 2 rings (SSSR count). The van der Waals surface area contributed by atoms with E-state index in [1.807, 2.05) is 12.1 Å². The molecule has 1 aliphatic heterocycles. The summed E-state index contributed by atoms with van der Waals surface area (Å²) in [5.74, 6) is 1.06. The lowest BCUT2D eigenvalue weighted by atomic mass is 10.1. The van der Waals surface area contributed by atoms with Crippen LogP contribution in [0.4, 0.5) is 5.69 Å². The van der Waals surface area contributed by atoms with Gasteiger partial charge in [-0.3, -0.25) is 0 Å². The molecule has 1 aromatic rings. The lowest BCUT2D eigenvalue weighted by Crippen LogP contribution is -2.10. The molecule has 0 spiro atoms. The SMILES string of the molecule is CN(C)c1cccc2c1CCO2. The van der Waals surface area contributed by atoms with E-state index >= 15 is 0 Å². The molecule has 0 N–H and O–H groups in total. The molecule has 0 saturated carbocycles. The van der Waals surface area contributed by atoms with E-state index < -0.39 is 0 Å². The summed E-state index contributed by atoms with van der Waals surface area (Å²) in [5, 5.41) is 0. The fourth-order valence-electron chi connectivity index (χ4n) is 1.62. The highest BCUT2D eigenvalue weighted by molar-refractivity contribution is 5.59. The van der Waals surface area contributed by atoms with Gasteiger partial charge < -0.3 is 9.64 Å². The predicted octanol–water partition coefficient (Wildman–Crippen LogP) is 1.69. The van der Waals surface area contributed by atoms with Crippen LogP contribution in [-0.4, -0.2) is 20.7 Å². The maximum Gasteiger partial charge on any atom is 0.124 e. The maximum absolute atomic E-state index is 5.46. The first-order valence-corrected chi connectivity index (χ1v) is 4.21. The summed E-state index contributed by atoms with van der Waals surface area (Å²) < 4.78 is 5.46. The molecule has 2 heteroatoms. The van der Waals surface area contributed by atoms with Crippen LogP contribution in [0.25, 0.3) is 0 Å². The molecule has 0 bridgehead atoms. The van der Waals surface area contributed by atoms with Gasteiger partial charge in [-0.1, -0.05) is 6.07 Å². The minimum atomic E-state index is 0.834. The lowest BCUT2D eigenvalue weighted by molar-refractivity contribution is 0.357. The normalized spacial score (nSPS) is 13.8. The van der Waals surface area contributed by atoms with Crippen LogP contribution in [-0.2, 0) is 6.42 Å². The van der Waals surface area contributed by atoms with Gasteiger partial charge in [0.15, 0.2) is 0 Å². The van der Waals surface area contributed by atoms with Crippen molar-refractivity contribution >= 4 is 5.69 Å². The molecule has 1 aliphatic rings. The van der Waals surface area contributed by atoms with Gasteiger partial charge in [-0.05, 0) is 12.1 Å². The number of rotatable bonds is 1. The molecule has 1 aromatic carbocycles. The van der Waals surface area contributed by atoms with Crippen molar-refractivity contribution in [1.82, 2.24) is 0 Å². The zero-order valence-electron chi connectivity index (χ0n) is 7.50. The molecule has 1 heterocycles. The second-order valence-electron chi connectivity index (χ2n) is 3.25. The minimum Gasteiger partial charge on any atom is -0.493 e. The van der Waals surface area contributed by atoms with Crippen molar-refractivity contribution in [1.29, 1.82) is 0 Å². The second-order valence-corrected chi connectivity index (χ2v) is 3.25. The Labute approximate surface area is 72.8 Å². The summed E-state index contributed by atoms with van der Waals surface area (Å²) in [6.45, 7) is 0.834. The molecule has 0 atom stereocenters. The molecule has 0 fully saturated rings. The van der Waals surface area contributed by atoms with E-state index in [1.54, 1.807) is 0 Å². The Morgan fingerprint density at radius 2 is 2.17 bits per heavy atom. The van der Waals surface area contributed by atoms with Crippen molar-refractivity contribution < 1.29 is 4.74 Å². The largest absolute Gasteiger partial charge is 0.493 e. The van der Waals surface area contributed by atoms with E-state index in [0.29, 0.717) is 0 Å². The van der Waals surface area contributed by atoms with Gasteiger partial charge in [-0.25, -0.2) is 0 Å². The van der Waals surface area contributed by atoms with E-state index in [9.17, 15) is 0 Å². The van der Waals surface area contributed by atoms with Gasteiger partial charge in [-0.15, -0.1) is 0 Å². The van der Waals surface area contributed by atoms with E-state index in [-0.39, 0.29) is 0 Å². The van der Waals surface area contributed by atoms with Gasteiger partial charge in [0, 0.05) is 31.8 Å². The summed E-state index contributed by atoms with van der Waals surface area (Å²) in [6.07, 6.45) is 1.05.